The van der Waals surface area contributed by atoms with Crippen molar-refractivity contribution in [2.24, 2.45) is 17.8 Å². The van der Waals surface area contributed by atoms with Gasteiger partial charge in [-0.15, -0.1) is 11.6 Å². The molecule has 1 amide bonds. The van der Waals surface area contributed by atoms with Crippen LogP contribution < -0.4 is 0 Å². The molecule has 3 rings (SSSR count). The Bertz CT molecular complexity index is 255. The molecule has 1 saturated heterocycles. The van der Waals surface area contributed by atoms with Crippen molar-refractivity contribution in [3.8, 4) is 0 Å². The SMILES string of the molecule is CN1C(=O)C2CC3CC2C1C3Cl. The van der Waals surface area contributed by atoms with Gasteiger partial charge in [0.1, 0.15) is 0 Å². The third-order valence-corrected chi connectivity index (χ3v) is 4.59. The first-order valence-corrected chi connectivity index (χ1v) is 5.04. The Morgan fingerprint density at radius 1 is 1.50 bits per heavy atom. The Morgan fingerprint density at radius 3 is 2.83 bits per heavy atom. The zero-order chi connectivity index (χ0) is 8.46. The fraction of sp³-hybridized carbons (Fsp3) is 0.889. The molecule has 3 fully saturated rings. The van der Waals surface area contributed by atoms with E-state index in [1.54, 1.807) is 0 Å². The molecule has 0 spiro atoms. The first-order valence-electron chi connectivity index (χ1n) is 4.61. The molecule has 5 unspecified atom stereocenters. The van der Waals surface area contributed by atoms with Crippen molar-refractivity contribution in [2.45, 2.75) is 24.3 Å². The summed E-state index contributed by atoms with van der Waals surface area (Å²) < 4.78 is 0. The number of carbonyl (C=O) groups excluding carboxylic acids is 1. The number of fused-ring (bicyclic) bond motifs is 1. The summed E-state index contributed by atoms with van der Waals surface area (Å²) in [7, 11) is 1.91. The Balaban J connectivity index is 2.06. The van der Waals surface area contributed by atoms with E-state index in [0.717, 1.165) is 6.42 Å². The molecule has 2 aliphatic carbocycles. The molecule has 3 aliphatic rings. The molecule has 66 valence electrons. The van der Waals surface area contributed by atoms with Crippen LogP contribution in [-0.2, 0) is 4.79 Å². The van der Waals surface area contributed by atoms with Gasteiger partial charge in [-0.2, -0.15) is 0 Å². The maximum atomic E-state index is 11.6. The minimum absolute atomic E-state index is 0.239. The largest absolute Gasteiger partial charge is 0.341 e. The second-order valence-electron chi connectivity index (χ2n) is 4.39. The van der Waals surface area contributed by atoms with Crippen LogP contribution in [0.3, 0.4) is 0 Å². The van der Waals surface area contributed by atoms with Gasteiger partial charge in [-0.1, -0.05) is 0 Å². The van der Waals surface area contributed by atoms with Crippen LogP contribution in [0.1, 0.15) is 12.8 Å². The highest BCUT2D eigenvalue weighted by molar-refractivity contribution is 6.22. The summed E-state index contributed by atoms with van der Waals surface area (Å²) in [6.45, 7) is 0. The lowest BCUT2D eigenvalue weighted by Crippen LogP contribution is -2.36. The number of rotatable bonds is 0. The van der Waals surface area contributed by atoms with Crippen molar-refractivity contribution in [3.05, 3.63) is 0 Å². The van der Waals surface area contributed by atoms with Gasteiger partial charge < -0.3 is 4.90 Å². The third kappa shape index (κ3) is 0.586. The predicted octanol–water partition coefficient (Wildman–Crippen LogP) is 1.09. The van der Waals surface area contributed by atoms with E-state index >= 15 is 0 Å². The number of halogens is 1. The van der Waals surface area contributed by atoms with Crippen LogP contribution in [0.2, 0.25) is 0 Å². The van der Waals surface area contributed by atoms with Gasteiger partial charge in [0.05, 0.1) is 11.4 Å². The topological polar surface area (TPSA) is 20.3 Å². The van der Waals surface area contributed by atoms with Gasteiger partial charge in [-0.05, 0) is 24.7 Å². The van der Waals surface area contributed by atoms with Gasteiger partial charge in [0, 0.05) is 13.0 Å². The molecular formula is C9H12ClNO. The van der Waals surface area contributed by atoms with Crippen LogP contribution in [0, 0.1) is 17.8 Å². The van der Waals surface area contributed by atoms with Crippen LogP contribution in [-0.4, -0.2) is 29.3 Å². The maximum Gasteiger partial charge on any atom is 0.226 e. The van der Waals surface area contributed by atoms with Gasteiger partial charge in [-0.25, -0.2) is 0 Å². The maximum absolute atomic E-state index is 11.6. The van der Waals surface area contributed by atoms with Gasteiger partial charge in [0.25, 0.3) is 0 Å². The molecule has 2 nitrogen and oxygen atoms in total. The summed E-state index contributed by atoms with van der Waals surface area (Å²) in [5, 5.41) is 0.239. The van der Waals surface area contributed by atoms with Gasteiger partial charge in [-0.3, -0.25) is 4.79 Å². The number of carbonyl (C=O) groups is 1. The van der Waals surface area contributed by atoms with E-state index in [4.69, 9.17) is 11.6 Å². The van der Waals surface area contributed by atoms with Crippen molar-refractivity contribution >= 4 is 17.5 Å². The number of hydrogen-bond acceptors (Lipinski definition) is 1. The van der Waals surface area contributed by atoms with Crippen LogP contribution >= 0.6 is 11.6 Å². The summed E-state index contributed by atoms with van der Waals surface area (Å²) in [6, 6.07) is 0.364. The highest BCUT2D eigenvalue weighted by Crippen LogP contribution is 2.56. The molecule has 1 heterocycles. The van der Waals surface area contributed by atoms with Gasteiger partial charge >= 0.3 is 0 Å². The summed E-state index contributed by atoms with van der Waals surface area (Å²) >= 11 is 6.27. The van der Waals surface area contributed by atoms with E-state index in [9.17, 15) is 4.79 Å². The second-order valence-corrected chi connectivity index (χ2v) is 4.89. The van der Waals surface area contributed by atoms with E-state index in [0.29, 0.717) is 29.7 Å². The van der Waals surface area contributed by atoms with Gasteiger partial charge in [0.2, 0.25) is 5.91 Å². The van der Waals surface area contributed by atoms with E-state index < -0.39 is 0 Å². The molecule has 0 N–H and O–H groups in total. The number of likely N-dealkylation sites (tertiary alicyclic amines) is 1. The number of amides is 1. The summed E-state index contributed by atoms with van der Waals surface area (Å²) in [5.41, 5.74) is 0. The van der Waals surface area contributed by atoms with Crippen molar-refractivity contribution in [3.63, 3.8) is 0 Å². The summed E-state index contributed by atoms with van der Waals surface area (Å²) in [5.74, 6) is 1.89. The fourth-order valence-electron chi connectivity index (χ4n) is 3.46. The van der Waals surface area contributed by atoms with Crippen LogP contribution in [0.5, 0.6) is 0 Å². The molecule has 0 aromatic rings. The van der Waals surface area contributed by atoms with Crippen LogP contribution in [0.4, 0.5) is 0 Å². The Morgan fingerprint density at radius 2 is 2.25 bits per heavy atom. The Kier molecular flexibility index (Phi) is 1.19. The van der Waals surface area contributed by atoms with Crippen molar-refractivity contribution in [1.82, 2.24) is 4.90 Å². The fourth-order valence-corrected chi connectivity index (χ4v) is 4.02. The molecule has 0 radical (unpaired) electrons. The average Bonchev–Trinajstić information content (AvgIpc) is 2.62. The Hall–Kier alpha value is -0.240. The molecule has 12 heavy (non-hydrogen) atoms. The monoisotopic (exact) mass is 185 g/mol. The second kappa shape index (κ2) is 1.98. The highest BCUT2D eigenvalue weighted by Gasteiger charge is 2.61. The van der Waals surface area contributed by atoms with Crippen molar-refractivity contribution in [2.75, 3.05) is 7.05 Å². The standard InChI is InChI=1S/C9H12ClNO/c1-11-8-5-2-4(7(8)10)3-6(5)9(11)12/h4-8H,2-3H2,1H3. The van der Waals surface area contributed by atoms with E-state index in [2.05, 4.69) is 0 Å². The lowest BCUT2D eigenvalue weighted by atomic mass is 9.89. The van der Waals surface area contributed by atoms with E-state index in [1.165, 1.54) is 6.42 Å². The molecule has 1 aliphatic heterocycles. The minimum atomic E-state index is 0.239. The van der Waals surface area contributed by atoms with E-state index in [1.807, 2.05) is 11.9 Å². The Labute approximate surface area is 76.9 Å². The quantitative estimate of drug-likeness (QED) is 0.518. The molecule has 5 atom stereocenters. The highest BCUT2D eigenvalue weighted by atomic mass is 35.5. The molecule has 3 heteroatoms. The normalized spacial score (nSPS) is 55.7. The average molecular weight is 186 g/mol. The van der Waals surface area contributed by atoms with E-state index in [-0.39, 0.29) is 5.38 Å². The molecule has 0 aromatic heterocycles. The smallest absolute Gasteiger partial charge is 0.226 e. The molecule has 0 aromatic carbocycles. The lowest BCUT2D eigenvalue weighted by Gasteiger charge is -2.24. The molecule has 2 saturated carbocycles. The zero-order valence-corrected chi connectivity index (χ0v) is 7.79. The van der Waals surface area contributed by atoms with Crippen LogP contribution in [0.15, 0.2) is 0 Å². The number of hydrogen-bond donors (Lipinski definition) is 0. The lowest BCUT2D eigenvalue weighted by molar-refractivity contribution is -0.130. The summed E-state index contributed by atoms with van der Waals surface area (Å²) in [6.07, 6.45) is 2.25. The van der Waals surface area contributed by atoms with Crippen molar-refractivity contribution in [1.29, 1.82) is 0 Å². The van der Waals surface area contributed by atoms with Crippen molar-refractivity contribution < 1.29 is 4.79 Å². The first kappa shape index (κ1) is 7.19. The van der Waals surface area contributed by atoms with Gasteiger partial charge in [0.15, 0.2) is 0 Å². The molecule has 2 bridgehead atoms. The minimum Gasteiger partial charge on any atom is -0.341 e. The summed E-state index contributed by atoms with van der Waals surface area (Å²) in [4.78, 5) is 13.5. The van der Waals surface area contributed by atoms with Crippen LogP contribution in [0.25, 0.3) is 0 Å². The number of alkyl halides is 1. The molecular weight excluding hydrogens is 174 g/mol. The number of nitrogens with zero attached hydrogens (tertiary/aromatic N) is 1. The third-order valence-electron chi connectivity index (χ3n) is 3.98. The predicted molar refractivity (Wildman–Crippen MR) is 45.9 cm³/mol. The zero-order valence-electron chi connectivity index (χ0n) is 7.03. The first-order chi connectivity index (χ1) is 5.70.